The van der Waals surface area contributed by atoms with Gasteiger partial charge in [0.25, 0.3) is 0 Å². The summed E-state index contributed by atoms with van der Waals surface area (Å²) >= 11 is 0. The number of fused-ring (bicyclic) bond motifs is 1. The van der Waals surface area contributed by atoms with Crippen LogP contribution in [0.5, 0.6) is 5.75 Å². The highest BCUT2D eigenvalue weighted by atomic mass is 16.5. The molecule has 1 aliphatic carbocycles. The molecular weight excluding hydrogens is 332 g/mol. The highest BCUT2D eigenvalue weighted by Gasteiger charge is 2.35. The molecule has 1 aliphatic rings. The van der Waals surface area contributed by atoms with E-state index >= 15 is 0 Å². The zero-order valence-corrected chi connectivity index (χ0v) is 18.0. The van der Waals surface area contributed by atoms with Gasteiger partial charge in [0, 0.05) is 22.6 Å². The van der Waals surface area contributed by atoms with Crippen LogP contribution in [0.1, 0.15) is 75.5 Å². The van der Waals surface area contributed by atoms with Crippen molar-refractivity contribution in [2.45, 2.75) is 65.7 Å². The number of hydrogen-bond donors (Lipinski definition) is 0. The lowest BCUT2D eigenvalue weighted by Gasteiger charge is -2.26. The Balaban J connectivity index is 2.30. The van der Waals surface area contributed by atoms with Crippen LogP contribution in [0.15, 0.2) is 30.3 Å². The van der Waals surface area contributed by atoms with Gasteiger partial charge in [-0.15, -0.1) is 0 Å². The third kappa shape index (κ3) is 3.42. The topological polar surface area (TPSA) is 26.3 Å². The number of Topliss-reactive ketones (excluding diaryl/α,β-unsaturated/α-hetero) is 1. The molecule has 2 nitrogen and oxygen atoms in total. The summed E-state index contributed by atoms with van der Waals surface area (Å²) in [7, 11) is 1.74. The molecule has 27 heavy (non-hydrogen) atoms. The Hall–Kier alpha value is -2.09. The van der Waals surface area contributed by atoms with Gasteiger partial charge >= 0.3 is 0 Å². The van der Waals surface area contributed by atoms with Crippen LogP contribution < -0.4 is 4.74 Å². The Morgan fingerprint density at radius 1 is 0.963 bits per heavy atom. The van der Waals surface area contributed by atoms with Gasteiger partial charge in [-0.25, -0.2) is 0 Å². The van der Waals surface area contributed by atoms with E-state index in [1.165, 1.54) is 5.56 Å². The lowest BCUT2D eigenvalue weighted by atomic mass is 9.80. The first-order chi connectivity index (χ1) is 12.4. The normalized spacial score (nSPS) is 17.2. The third-order valence-corrected chi connectivity index (χ3v) is 5.66. The lowest BCUT2D eigenvalue weighted by molar-refractivity contribution is 0.0946. The maximum absolute atomic E-state index is 12.8. The zero-order valence-electron chi connectivity index (χ0n) is 18.0. The van der Waals surface area contributed by atoms with E-state index in [9.17, 15) is 4.79 Å². The Bertz CT molecular complexity index is 875. The fraction of sp³-hybridized carbons (Fsp3) is 0.480. The molecule has 3 rings (SSSR count). The predicted octanol–water partition coefficient (Wildman–Crippen LogP) is 6.33. The number of carbonyl (C=O) groups excluding carboxylic acids is 1. The molecule has 0 saturated heterocycles. The Morgan fingerprint density at radius 2 is 1.56 bits per heavy atom. The average molecular weight is 365 g/mol. The summed E-state index contributed by atoms with van der Waals surface area (Å²) in [4.78, 5) is 12.8. The van der Waals surface area contributed by atoms with Crippen LogP contribution in [0, 0.1) is 5.92 Å². The fourth-order valence-electron chi connectivity index (χ4n) is 4.01. The van der Waals surface area contributed by atoms with Crippen molar-refractivity contribution in [2.75, 3.05) is 7.11 Å². The number of ether oxygens (including phenoxy) is 1. The van der Waals surface area contributed by atoms with Gasteiger partial charge in [-0.05, 0) is 40.0 Å². The van der Waals surface area contributed by atoms with Gasteiger partial charge in [0.15, 0.2) is 5.78 Å². The van der Waals surface area contributed by atoms with E-state index in [0.717, 1.165) is 40.0 Å². The minimum Gasteiger partial charge on any atom is -0.496 e. The van der Waals surface area contributed by atoms with Crippen molar-refractivity contribution < 1.29 is 9.53 Å². The molecule has 0 fully saturated rings. The largest absolute Gasteiger partial charge is 0.496 e. The SMILES string of the molecule is COc1c(C(C)(C)C)cc2c(c1-c1ccc(C(C)(C)C)cc1)CC(C)C2=O. The van der Waals surface area contributed by atoms with Crippen LogP contribution >= 0.6 is 0 Å². The molecule has 0 aromatic heterocycles. The van der Waals surface area contributed by atoms with E-state index in [2.05, 4.69) is 71.9 Å². The summed E-state index contributed by atoms with van der Waals surface area (Å²) in [6.07, 6.45) is 0.783. The summed E-state index contributed by atoms with van der Waals surface area (Å²) in [6.45, 7) is 15.2. The molecule has 0 spiro atoms. The van der Waals surface area contributed by atoms with Crippen molar-refractivity contribution in [1.82, 2.24) is 0 Å². The van der Waals surface area contributed by atoms with Crippen LogP contribution in [0.3, 0.4) is 0 Å². The number of methoxy groups -OCH3 is 1. The van der Waals surface area contributed by atoms with Crippen LogP contribution in [0.2, 0.25) is 0 Å². The van der Waals surface area contributed by atoms with Crippen molar-refractivity contribution in [3.05, 3.63) is 52.6 Å². The second-order valence-electron chi connectivity index (χ2n) is 9.91. The molecule has 2 aromatic rings. The summed E-state index contributed by atoms with van der Waals surface area (Å²) in [5.74, 6) is 1.20. The van der Waals surface area contributed by atoms with Gasteiger partial charge in [0.1, 0.15) is 5.75 Å². The van der Waals surface area contributed by atoms with Gasteiger partial charge in [0.2, 0.25) is 0 Å². The molecule has 2 aromatic carbocycles. The van der Waals surface area contributed by atoms with Crippen LogP contribution in [0.25, 0.3) is 11.1 Å². The molecule has 0 saturated carbocycles. The third-order valence-electron chi connectivity index (χ3n) is 5.66. The molecule has 2 heteroatoms. The number of benzene rings is 2. The molecule has 0 bridgehead atoms. The second-order valence-corrected chi connectivity index (χ2v) is 9.91. The minimum atomic E-state index is -0.105. The van der Waals surface area contributed by atoms with Crippen LogP contribution in [0.4, 0.5) is 0 Å². The molecule has 0 heterocycles. The van der Waals surface area contributed by atoms with Crippen molar-refractivity contribution >= 4 is 5.78 Å². The van der Waals surface area contributed by atoms with E-state index in [4.69, 9.17) is 4.74 Å². The lowest BCUT2D eigenvalue weighted by Crippen LogP contribution is -2.15. The molecular formula is C25H32O2. The van der Waals surface area contributed by atoms with Crippen molar-refractivity contribution in [3.8, 4) is 16.9 Å². The quantitative estimate of drug-likeness (QED) is 0.622. The summed E-state index contributed by atoms with van der Waals surface area (Å²) < 4.78 is 5.94. The number of ketones is 1. The van der Waals surface area contributed by atoms with Crippen molar-refractivity contribution in [2.24, 2.45) is 5.92 Å². The molecule has 144 valence electrons. The maximum atomic E-state index is 12.8. The summed E-state index contributed by atoms with van der Waals surface area (Å²) in [6, 6.07) is 10.8. The fourth-order valence-corrected chi connectivity index (χ4v) is 4.01. The number of rotatable bonds is 2. The minimum absolute atomic E-state index is 0.0347. The molecule has 1 atom stereocenters. The number of hydrogen-bond acceptors (Lipinski definition) is 2. The van der Waals surface area contributed by atoms with E-state index in [-0.39, 0.29) is 22.5 Å². The van der Waals surface area contributed by atoms with Gasteiger partial charge < -0.3 is 4.74 Å². The van der Waals surface area contributed by atoms with Crippen molar-refractivity contribution in [3.63, 3.8) is 0 Å². The molecule has 1 unspecified atom stereocenters. The highest BCUT2D eigenvalue weighted by Crippen LogP contribution is 2.46. The van der Waals surface area contributed by atoms with Gasteiger partial charge in [-0.1, -0.05) is 72.7 Å². The number of carbonyl (C=O) groups is 1. The Kier molecular flexibility index (Phi) is 4.74. The monoisotopic (exact) mass is 364 g/mol. The van der Waals surface area contributed by atoms with E-state index in [1.54, 1.807) is 7.11 Å². The first-order valence-electron chi connectivity index (χ1n) is 9.84. The first kappa shape index (κ1) is 19.7. The van der Waals surface area contributed by atoms with Crippen LogP contribution in [-0.2, 0) is 17.3 Å². The van der Waals surface area contributed by atoms with Gasteiger partial charge in [-0.2, -0.15) is 0 Å². The Labute approximate surface area is 164 Å². The van der Waals surface area contributed by atoms with Gasteiger partial charge in [-0.3, -0.25) is 4.79 Å². The highest BCUT2D eigenvalue weighted by molar-refractivity contribution is 6.05. The summed E-state index contributed by atoms with van der Waals surface area (Å²) in [5, 5.41) is 0. The van der Waals surface area contributed by atoms with E-state index in [1.807, 2.05) is 6.92 Å². The smallest absolute Gasteiger partial charge is 0.166 e. The first-order valence-corrected chi connectivity index (χ1v) is 9.84. The van der Waals surface area contributed by atoms with Gasteiger partial charge in [0.05, 0.1) is 7.11 Å². The van der Waals surface area contributed by atoms with E-state index in [0.29, 0.717) is 0 Å². The molecule has 0 aliphatic heterocycles. The standard InChI is InChI=1S/C25H32O2/c1-15-13-18-19(22(15)26)14-20(25(5,6)7)23(27-8)21(18)16-9-11-17(12-10-16)24(2,3)4/h9-12,14-15H,13H2,1-8H3. The Morgan fingerprint density at radius 3 is 2.04 bits per heavy atom. The summed E-state index contributed by atoms with van der Waals surface area (Å²) in [5.41, 5.74) is 6.65. The average Bonchev–Trinajstić information content (AvgIpc) is 2.86. The molecule has 0 amide bonds. The zero-order chi connectivity index (χ0) is 20.1. The second kappa shape index (κ2) is 6.51. The van der Waals surface area contributed by atoms with Crippen molar-refractivity contribution in [1.29, 1.82) is 0 Å². The van der Waals surface area contributed by atoms with Crippen LogP contribution in [-0.4, -0.2) is 12.9 Å². The molecule has 0 radical (unpaired) electrons. The molecule has 0 N–H and O–H groups in total. The predicted molar refractivity (Wildman–Crippen MR) is 113 cm³/mol. The van der Waals surface area contributed by atoms with E-state index < -0.39 is 0 Å². The maximum Gasteiger partial charge on any atom is 0.166 e.